The first-order chi connectivity index (χ1) is 41.0. The number of aliphatic hydroxyl groups is 2. The standard InChI is InChI=1S/C77H153NO5/c1-3-5-7-9-11-13-15-17-19-38-43-47-51-55-59-63-67-71-77(82)83-72-68-64-60-56-52-48-44-40-37-35-33-31-29-27-25-23-21-22-24-26-28-30-32-34-36-39-42-46-50-54-58-62-66-70-76(81)78-74(73-79)75(80)69-65-61-57-53-49-45-41-20-18-16-14-12-10-8-6-4-2/h74-75,79-80H,3-73H2,1-2H3,(H,78,81). The quantitative estimate of drug-likeness (QED) is 0.0417. The van der Waals surface area contributed by atoms with Gasteiger partial charge >= 0.3 is 5.97 Å². The molecule has 2 atom stereocenters. The van der Waals surface area contributed by atoms with Crippen molar-refractivity contribution in [3.8, 4) is 0 Å². The summed E-state index contributed by atoms with van der Waals surface area (Å²) in [5.41, 5.74) is 0. The highest BCUT2D eigenvalue weighted by atomic mass is 16.5. The molecule has 0 fully saturated rings. The largest absolute Gasteiger partial charge is 0.466 e. The molecular weight excluding hydrogens is 1020 g/mol. The van der Waals surface area contributed by atoms with Crippen LogP contribution in [0.15, 0.2) is 0 Å². The van der Waals surface area contributed by atoms with Crippen LogP contribution in [0.3, 0.4) is 0 Å². The van der Waals surface area contributed by atoms with Crippen LogP contribution in [0.2, 0.25) is 0 Å². The van der Waals surface area contributed by atoms with Crippen LogP contribution in [0.25, 0.3) is 0 Å². The zero-order chi connectivity index (χ0) is 59.9. The fourth-order valence-electron chi connectivity index (χ4n) is 12.8. The number of unbranched alkanes of at least 4 members (excludes halogenated alkanes) is 63. The molecule has 496 valence electrons. The normalized spacial score (nSPS) is 12.4. The molecule has 0 aromatic carbocycles. The molecule has 1 amide bonds. The van der Waals surface area contributed by atoms with Crippen molar-refractivity contribution in [1.29, 1.82) is 0 Å². The van der Waals surface area contributed by atoms with E-state index in [0.717, 1.165) is 38.5 Å². The Kier molecular flexibility index (Phi) is 72.3. The predicted molar refractivity (Wildman–Crippen MR) is 366 cm³/mol. The van der Waals surface area contributed by atoms with E-state index >= 15 is 0 Å². The molecule has 0 spiro atoms. The Bertz CT molecular complexity index is 1210. The zero-order valence-electron chi connectivity index (χ0n) is 57.0. The van der Waals surface area contributed by atoms with Gasteiger partial charge in [-0.15, -0.1) is 0 Å². The van der Waals surface area contributed by atoms with Gasteiger partial charge < -0.3 is 20.3 Å². The fraction of sp³-hybridized carbons (Fsp3) is 0.974. The summed E-state index contributed by atoms with van der Waals surface area (Å²) in [6.07, 6.45) is 90.5. The van der Waals surface area contributed by atoms with Crippen LogP contribution in [0, 0.1) is 0 Å². The average molecular weight is 1170 g/mol. The van der Waals surface area contributed by atoms with Crippen LogP contribution in [-0.2, 0) is 14.3 Å². The number of nitrogens with one attached hydrogen (secondary N) is 1. The number of aliphatic hydroxyl groups excluding tert-OH is 2. The average Bonchev–Trinajstić information content (AvgIpc) is 3.49. The fourth-order valence-corrected chi connectivity index (χ4v) is 12.8. The molecule has 0 aliphatic carbocycles. The molecular formula is C77H153NO5. The third-order valence-corrected chi connectivity index (χ3v) is 18.7. The summed E-state index contributed by atoms with van der Waals surface area (Å²) in [6.45, 7) is 5.01. The second-order valence-corrected chi connectivity index (χ2v) is 27.1. The first-order valence-electron chi connectivity index (χ1n) is 38.8. The minimum Gasteiger partial charge on any atom is -0.466 e. The Morgan fingerprint density at radius 3 is 0.735 bits per heavy atom. The Balaban J connectivity index is 3.29. The van der Waals surface area contributed by atoms with Gasteiger partial charge in [0, 0.05) is 12.8 Å². The van der Waals surface area contributed by atoms with Crippen LogP contribution in [-0.4, -0.2) is 47.4 Å². The lowest BCUT2D eigenvalue weighted by Gasteiger charge is -2.22. The van der Waals surface area contributed by atoms with E-state index in [9.17, 15) is 19.8 Å². The molecule has 0 bridgehead atoms. The number of carbonyl (C=O) groups excluding carboxylic acids is 2. The summed E-state index contributed by atoms with van der Waals surface area (Å²) in [7, 11) is 0. The van der Waals surface area contributed by atoms with Crippen LogP contribution in [0.5, 0.6) is 0 Å². The van der Waals surface area contributed by atoms with E-state index in [0.29, 0.717) is 25.9 Å². The number of hydrogen-bond donors (Lipinski definition) is 3. The summed E-state index contributed by atoms with van der Waals surface area (Å²) in [6, 6.07) is -0.537. The number of rotatable bonds is 74. The molecule has 83 heavy (non-hydrogen) atoms. The van der Waals surface area contributed by atoms with E-state index in [1.807, 2.05) is 0 Å². The smallest absolute Gasteiger partial charge is 0.305 e. The molecule has 3 N–H and O–H groups in total. The second kappa shape index (κ2) is 73.3. The predicted octanol–water partition coefficient (Wildman–Crippen LogP) is 25.3. The van der Waals surface area contributed by atoms with Crippen LogP contribution in [0.1, 0.15) is 457 Å². The Labute approximate surface area is 521 Å². The maximum absolute atomic E-state index is 12.5. The van der Waals surface area contributed by atoms with Crippen LogP contribution >= 0.6 is 0 Å². The topological polar surface area (TPSA) is 95.9 Å². The van der Waals surface area contributed by atoms with Crippen LogP contribution in [0.4, 0.5) is 0 Å². The maximum atomic E-state index is 12.5. The van der Waals surface area contributed by atoms with Gasteiger partial charge in [-0.25, -0.2) is 0 Å². The van der Waals surface area contributed by atoms with Crippen molar-refractivity contribution < 1.29 is 24.5 Å². The number of amides is 1. The molecule has 0 rings (SSSR count). The van der Waals surface area contributed by atoms with Crippen molar-refractivity contribution >= 4 is 11.9 Å². The highest BCUT2D eigenvalue weighted by molar-refractivity contribution is 5.76. The maximum Gasteiger partial charge on any atom is 0.305 e. The molecule has 0 saturated heterocycles. The van der Waals surface area contributed by atoms with Gasteiger partial charge in [-0.3, -0.25) is 9.59 Å². The Hall–Kier alpha value is -1.14. The zero-order valence-corrected chi connectivity index (χ0v) is 57.0. The molecule has 0 aromatic heterocycles. The lowest BCUT2D eigenvalue weighted by atomic mass is 10.0. The van der Waals surface area contributed by atoms with E-state index in [1.165, 1.54) is 385 Å². The molecule has 0 heterocycles. The lowest BCUT2D eigenvalue weighted by molar-refractivity contribution is -0.143. The second-order valence-electron chi connectivity index (χ2n) is 27.1. The number of esters is 1. The van der Waals surface area contributed by atoms with Gasteiger partial charge in [-0.1, -0.05) is 418 Å². The molecule has 2 unspecified atom stereocenters. The summed E-state index contributed by atoms with van der Waals surface area (Å²) in [5.74, 6) is 0.00152. The van der Waals surface area contributed by atoms with E-state index in [-0.39, 0.29) is 18.5 Å². The molecule has 0 saturated carbocycles. The first kappa shape index (κ1) is 81.9. The molecule has 6 nitrogen and oxygen atoms in total. The summed E-state index contributed by atoms with van der Waals surface area (Å²) in [4.78, 5) is 24.6. The van der Waals surface area contributed by atoms with E-state index in [4.69, 9.17) is 4.74 Å². The number of hydrogen-bond acceptors (Lipinski definition) is 5. The molecule has 0 radical (unpaired) electrons. The Morgan fingerprint density at radius 2 is 0.494 bits per heavy atom. The third-order valence-electron chi connectivity index (χ3n) is 18.7. The third kappa shape index (κ3) is 69.8. The van der Waals surface area contributed by atoms with Crippen molar-refractivity contribution in [3.63, 3.8) is 0 Å². The SMILES string of the molecule is CCCCCCCCCCCCCCCCCCCC(=O)OCCCCCCCCCCCCCCCCCCCCCCCCCCCCCCCCCCCC(=O)NC(CO)C(O)CCCCCCCCCCCCCCCCCC. The van der Waals surface area contributed by atoms with Gasteiger partial charge in [0.1, 0.15) is 0 Å². The van der Waals surface area contributed by atoms with Crippen molar-refractivity contribution in [2.24, 2.45) is 0 Å². The van der Waals surface area contributed by atoms with Gasteiger partial charge in [0.05, 0.1) is 25.4 Å². The summed E-state index contributed by atoms with van der Waals surface area (Å²) < 4.78 is 5.52. The van der Waals surface area contributed by atoms with Crippen molar-refractivity contribution in [1.82, 2.24) is 5.32 Å². The highest BCUT2D eigenvalue weighted by Gasteiger charge is 2.20. The van der Waals surface area contributed by atoms with E-state index < -0.39 is 12.1 Å². The minimum atomic E-state index is -0.660. The highest BCUT2D eigenvalue weighted by Crippen LogP contribution is 2.20. The van der Waals surface area contributed by atoms with E-state index in [2.05, 4.69) is 19.2 Å². The molecule has 0 aromatic rings. The monoisotopic (exact) mass is 1170 g/mol. The van der Waals surface area contributed by atoms with Crippen molar-refractivity contribution in [2.45, 2.75) is 469 Å². The molecule has 0 aliphatic rings. The molecule has 0 aliphatic heterocycles. The van der Waals surface area contributed by atoms with Gasteiger partial charge in [0.2, 0.25) is 5.91 Å². The number of ether oxygens (including phenoxy) is 1. The number of carbonyl (C=O) groups is 2. The lowest BCUT2D eigenvalue weighted by Crippen LogP contribution is -2.45. The van der Waals surface area contributed by atoms with Gasteiger partial charge in [0.15, 0.2) is 0 Å². The summed E-state index contributed by atoms with van der Waals surface area (Å²) in [5, 5.41) is 23.4. The van der Waals surface area contributed by atoms with Gasteiger partial charge in [0.25, 0.3) is 0 Å². The van der Waals surface area contributed by atoms with E-state index in [1.54, 1.807) is 0 Å². The molecule has 6 heteroatoms. The Morgan fingerprint density at radius 1 is 0.289 bits per heavy atom. The van der Waals surface area contributed by atoms with Crippen molar-refractivity contribution in [3.05, 3.63) is 0 Å². The van der Waals surface area contributed by atoms with Gasteiger partial charge in [-0.2, -0.15) is 0 Å². The summed E-state index contributed by atoms with van der Waals surface area (Å²) >= 11 is 0. The minimum absolute atomic E-state index is 0.0256. The van der Waals surface area contributed by atoms with Crippen LogP contribution < -0.4 is 5.32 Å². The van der Waals surface area contributed by atoms with Gasteiger partial charge in [-0.05, 0) is 25.7 Å². The van der Waals surface area contributed by atoms with Crippen molar-refractivity contribution in [2.75, 3.05) is 13.2 Å². The first-order valence-corrected chi connectivity index (χ1v) is 38.8.